The highest BCUT2D eigenvalue weighted by atomic mass is 32.1. The van der Waals surface area contributed by atoms with Gasteiger partial charge in [-0.1, -0.05) is 18.2 Å². The highest BCUT2D eigenvalue weighted by Crippen LogP contribution is 2.31. The smallest absolute Gasteiger partial charge is 0.412 e. The summed E-state index contributed by atoms with van der Waals surface area (Å²) in [5, 5.41) is 14.5. The summed E-state index contributed by atoms with van der Waals surface area (Å²) >= 11 is 1.55. The molecule has 0 radical (unpaired) electrons. The van der Waals surface area contributed by atoms with Crippen LogP contribution in [-0.2, 0) is 14.3 Å². The van der Waals surface area contributed by atoms with E-state index in [9.17, 15) is 19.2 Å². The third kappa shape index (κ3) is 8.30. The number of hydrogen-bond acceptors (Lipinski definition) is 7. The molecule has 11 heteroatoms. The zero-order chi connectivity index (χ0) is 28.6. The Morgan fingerprint density at radius 1 is 0.923 bits per heavy atom. The predicted molar refractivity (Wildman–Crippen MR) is 151 cm³/mol. The van der Waals surface area contributed by atoms with Gasteiger partial charge in [0.05, 0.1) is 24.4 Å². The number of methoxy groups -OCH3 is 1. The molecule has 0 aliphatic heterocycles. The van der Waals surface area contributed by atoms with Crippen LogP contribution in [0.2, 0.25) is 0 Å². The van der Waals surface area contributed by atoms with Crippen molar-refractivity contribution in [1.29, 1.82) is 0 Å². The van der Waals surface area contributed by atoms with Crippen LogP contribution in [0.3, 0.4) is 0 Å². The van der Waals surface area contributed by atoms with Crippen molar-refractivity contribution in [3.8, 4) is 11.1 Å². The minimum Gasteiger partial charge on any atom is -0.468 e. The third-order valence-electron chi connectivity index (χ3n) is 5.51. The van der Waals surface area contributed by atoms with Gasteiger partial charge in [0, 0.05) is 19.2 Å². The summed E-state index contributed by atoms with van der Waals surface area (Å²) in [5.41, 5.74) is 2.81. The Bertz CT molecular complexity index is 1320. The topological polar surface area (TPSA) is 135 Å². The largest absolute Gasteiger partial charge is 0.468 e. The van der Waals surface area contributed by atoms with Gasteiger partial charge >= 0.3 is 18.1 Å². The van der Waals surface area contributed by atoms with Gasteiger partial charge < -0.3 is 25.4 Å². The van der Waals surface area contributed by atoms with Crippen molar-refractivity contribution in [1.82, 2.24) is 10.6 Å². The number of urea groups is 1. The Labute approximate surface area is 231 Å². The van der Waals surface area contributed by atoms with Crippen LogP contribution >= 0.6 is 11.3 Å². The fourth-order valence-electron chi connectivity index (χ4n) is 3.60. The maximum absolute atomic E-state index is 13.2. The Morgan fingerprint density at radius 3 is 2.23 bits per heavy atom. The van der Waals surface area contributed by atoms with E-state index in [0.29, 0.717) is 22.5 Å². The van der Waals surface area contributed by atoms with Gasteiger partial charge in [-0.15, -0.1) is 0 Å². The molecule has 3 aromatic rings. The molecule has 39 heavy (non-hydrogen) atoms. The maximum atomic E-state index is 13.2. The summed E-state index contributed by atoms with van der Waals surface area (Å²) in [6, 6.07) is 13.3. The number of ether oxygens (including phenoxy) is 2. The van der Waals surface area contributed by atoms with E-state index in [2.05, 4.69) is 21.3 Å². The zero-order valence-corrected chi connectivity index (χ0v) is 23.2. The molecular formula is C28H32N4O6S. The summed E-state index contributed by atoms with van der Waals surface area (Å²) in [7, 11) is 2.74. The normalized spacial score (nSPS) is 11.6. The second-order valence-corrected chi connectivity index (χ2v) is 10.3. The van der Waals surface area contributed by atoms with Crippen LogP contribution in [0.1, 0.15) is 42.6 Å². The lowest BCUT2D eigenvalue weighted by atomic mass is 9.97. The van der Waals surface area contributed by atoms with Gasteiger partial charge in [0.2, 0.25) is 0 Å². The molecule has 3 rings (SSSR count). The van der Waals surface area contributed by atoms with E-state index >= 15 is 0 Å². The molecule has 4 N–H and O–H groups in total. The van der Waals surface area contributed by atoms with Crippen LogP contribution in [0.5, 0.6) is 0 Å². The quantitative estimate of drug-likeness (QED) is 0.284. The summed E-state index contributed by atoms with van der Waals surface area (Å²) in [6.07, 6.45) is -0.648. The van der Waals surface area contributed by atoms with E-state index in [1.165, 1.54) is 14.2 Å². The van der Waals surface area contributed by atoms with Crippen LogP contribution in [0.4, 0.5) is 21.0 Å². The first-order chi connectivity index (χ1) is 18.5. The van der Waals surface area contributed by atoms with Crippen LogP contribution in [0.25, 0.3) is 11.1 Å². The number of esters is 1. The second-order valence-electron chi connectivity index (χ2n) is 9.51. The molecule has 0 saturated heterocycles. The third-order valence-corrected chi connectivity index (χ3v) is 6.20. The van der Waals surface area contributed by atoms with Crippen molar-refractivity contribution in [2.24, 2.45) is 0 Å². The molecule has 0 saturated carbocycles. The molecule has 1 heterocycles. The lowest BCUT2D eigenvalue weighted by molar-refractivity contribution is -0.142. The van der Waals surface area contributed by atoms with Gasteiger partial charge in [-0.3, -0.25) is 14.9 Å². The van der Waals surface area contributed by atoms with Gasteiger partial charge in [-0.25, -0.2) is 9.59 Å². The van der Waals surface area contributed by atoms with Crippen molar-refractivity contribution in [3.05, 3.63) is 70.4 Å². The second kappa shape index (κ2) is 12.9. The van der Waals surface area contributed by atoms with Crippen LogP contribution in [0.15, 0.2) is 59.3 Å². The molecule has 0 bridgehead atoms. The number of carbonyl (C=O) groups excluding carboxylic acids is 4. The Morgan fingerprint density at radius 2 is 1.64 bits per heavy atom. The highest BCUT2D eigenvalue weighted by Gasteiger charge is 2.23. The molecule has 0 fully saturated rings. The van der Waals surface area contributed by atoms with Gasteiger partial charge in [0.15, 0.2) is 0 Å². The number of hydrogen-bond donors (Lipinski definition) is 4. The van der Waals surface area contributed by atoms with E-state index in [-0.39, 0.29) is 6.54 Å². The summed E-state index contributed by atoms with van der Waals surface area (Å²) in [6.45, 7) is 5.31. The van der Waals surface area contributed by atoms with Crippen molar-refractivity contribution >= 4 is 46.7 Å². The SMILES string of the molecule is CNC(=O)NCC(C(=O)OC)c1ccc(C(=O)Nc2cc(-c3ccsc3)ccc2NC(=O)OC(C)(C)C)cc1. The number of benzene rings is 2. The van der Waals surface area contributed by atoms with E-state index < -0.39 is 35.5 Å². The number of anilines is 2. The van der Waals surface area contributed by atoms with Gasteiger partial charge in [-0.05, 0) is 78.6 Å². The predicted octanol–water partition coefficient (Wildman–Crippen LogP) is 5.20. The number of thiophene rings is 1. The average molecular weight is 553 g/mol. The van der Waals surface area contributed by atoms with Gasteiger partial charge in [0.1, 0.15) is 5.60 Å². The molecule has 0 spiro atoms. The molecule has 0 aliphatic rings. The zero-order valence-electron chi connectivity index (χ0n) is 22.4. The minimum absolute atomic E-state index is 0.0208. The fourth-order valence-corrected chi connectivity index (χ4v) is 4.27. The number of carbonyl (C=O) groups is 4. The van der Waals surface area contributed by atoms with Crippen molar-refractivity contribution in [3.63, 3.8) is 0 Å². The van der Waals surface area contributed by atoms with Crippen molar-refractivity contribution in [2.45, 2.75) is 32.3 Å². The summed E-state index contributed by atoms with van der Waals surface area (Å²) in [4.78, 5) is 49.5. The minimum atomic E-state index is -0.753. The molecule has 10 nitrogen and oxygen atoms in total. The summed E-state index contributed by atoms with van der Waals surface area (Å²) < 4.78 is 10.2. The first kappa shape index (κ1) is 29.2. The van der Waals surface area contributed by atoms with E-state index in [1.54, 1.807) is 68.5 Å². The standard InChI is InChI=1S/C28H32N4O6S/c1-28(2,3)38-27(36)32-22-11-10-19(20-12-13-39-16-20)14-23(22)31-24(33)18-8-6-17(7-9-18)21(25(34)37-5)15-30-26(35)29-4/h6-14,16,21H,15H2,1-5H3,(H,31,33)(H,32,36)(H2,29,30,35). The monoisotopic (exact) mass is 552 g/mol. The van der Waals surface area contributed by atoms with E-state index in [4.69, 9.17) is 9.47 Å². The first-order valence-corrected chi connectivity index (χ1v) is 13.1. The fraction of sp³-hybridized carbons (Fsp3) is 0.286. The molecule has 1 aromatic heterocycles. The van der Waals surface area contributed by atoms with Crippen molar-refractivity contribution in [2.75, 3.05) is 31.3 Å². The lowest BCUT2D eigenvalue weighted by Crippen LogP contribution is -2.37. The Balaban J connectivity index is 1.84. The maximum Gasteiger partial charge on any atom is 0.412 e. The molecule has 1 unspecified atom stereocenters. The van der Waals surface area contributed by atoms with Crippen molar-refractivity contribution < 1.29 is 28.7 Å². The molecular weight excluding hydrogens is 520 g/mol. The molecule has 206 valence electrons. The Kier molecular flexibility index (Phi) is 9.67. The van der Waals surface area contributed by atoms with E-state index in [0.717, 1.165) is 11.1 Å². The number of amides is 4. The number of nitrogens with one attached hydrogen (secondary N) is 4. The lowest BCUT2D eigenvalue weighted by Gasteiger charge is -2.21. The summed E-state index contributed by atoms with van der Waals surface area (Å²) in [5.74, 6) is -1.70. The first-order valence-electron chi connectivity index (χ1n) is 12.1. The Hall–Kier alpha value is -4.38. The average Bonchev–Trinajstić information content (AvgIpc) is 3.43. The van der Waals surface area contributed by atoms with Crippen LogP contribution < -0.4 is 21.3 Å². The molecule has 2 aromatic carbocycles. The highest BCUT2D eigenvalue weighted by molar-refractivity contribution is 7.08. The van der Waals surface area contributed by atoms with Gasteiger partial charge in [-0.2, -0.15) is 11.3 Å². The molecule has 4 amide bonds. The number of rotatable bonds is 8. The van der Waals surface area contributed by atoms with Crippen LogP contribution in [0, 0.1) is 0 Å². The van der Waals surface area contributed by atoms with E-state index in [1.807, 2.05) is 22.9 Å². The molecule has 1 atom stereocenters. The molecule has 0 aliphatic carbocycles. The van der Waals surface area contributed by atoms with Gasteiger partial charge in [0.25, 0.3) is 5.91 Å². The van der Waals surface area contributed by atoms with Crippen LogP contribution in [-0.4, -0.2) is 50.3 Å².